The monoisotopic (exact) mass is 283 g/mol. The summed E-state index contributed by atoms with van der Waals surface area (Å²) in [7, 11) is 0. The number of hydrogen-bond acceptors (Lipinski definition) is 3. The van der Waals surface area contributed by atoms with Gasteiger partial charge in [-0.15, -0.1) is 0 Å². The summed E-state index contributed by atoms with van der Waals surface area (Å²) in [6.07, 6.45) is -1.90. The van der Waals surface area contributed by atoms with Gasteiger partial charge in [0.15, 0.2) is 6.10 Å². The van der Waals surface area contributed by atoms with Crippen LogP contribution in [0, 0.1) is 0 Å². The van der Waals surface area contributed by atoms with E-state index in [0.717, 1.165) is 17.7 Å². The van der Waals surface area contributed by atoms with Crippen molar-refractivity contribution in [1.29, 1.82) is 0 Å². The molecule has 3 rings (SSSR count). The summed E-state index contributed by atoms with van der Waals surface area (Å²) < 4.78 is 0. The van der Waals surface area contributed by atoms with E-state index in [1.54, 1.807) is 29.2 Å². The largest absolute Gasteiger partial charge is 0.385 e. The molecule has 2 aromatic rings. The third-order valence-corrected chi connectivity index (χ3v) is 3.85. The lowest BCUT2D eigenvalue weighted by Crippen LogP contribution is -2.41. The molecular formula is C17H17NO3. The maximum absolute atomic E-state index is 12.4. The molecule has 1 heterocycles. The normalized spacial score (nSPS) is 16.4. The summed E-state index contributed by atoms with van der Waals surface area (Å²) in [5.74, 6) is -0.462. The highest BCUT2D eigenvalue weighted by molar-refractivity contribution is 5.98. The summed E-state index contributed by atoms with van der Waals surface area (Å²) in [5, 5.41) is 20.4. The molecular weight excluding hydrogens is 266 g/mol. The number of para-hydroxylation sites is 1. The number of hydrogen-bond donors (Lipinski definition) is 2. The second kappa shape index (κ2) is 5.68. The minimum absolute atomic E-state index is 0.462. The molecule has 4 nitrogen and oxygen atoms in total. The molecule has 2 N–H and O–H groups in total. The van der Waals surface area contributed by atoms with Crippen LogP contribution in [-0.4, -0.2) is 28.8 Å². The molecule has 2 aromatic carbocycles. The van der Waals surface area contributed by atoms with Crippen LogP contribution in [0.15, 0.2) is 54.6 Å². The summed E-state index contributed by atoms with van der Waals surface area (Å²) >= 11 is 0. The van der Waals surface area contributed by atoms with Gasteiger partial charge in [0.2, 0.25) is 0 Å². The number of aliphatic hydroxyl groups is 2. The van der Waals surface area contributed by atoms with Gasteiger partial charge >= 0.3 is 0 Å². The molecule has 1 amide bonds. The van der Waals surface area contributed by atoms with Crippen LogP contribution in [0.1, 0.15) is 17.2 Å². The van der Waals surface area contributed by atoms with Gasteiger partial charge in [-0.25, -0.2) is 0 Å². The van der Waals surface area contributed by atoms with E-state index in [1.807, 2.05) is 30.3 Å². The molecule has 0 saturated carbocycles. The molecule has 0 bridgehead atoms. The Labute approximate surface area is 123 Å². The van der Waals surface area contributed by atoms with E-state index < -0.39 is 18.1 Å². The van der Waals surface area contributed by atoms with Gasteiger partial charge in [-0.05, 0) is 23.6 Å². The number of carbonyl (C=O) groups is 1. The van der Waals surface area contributed by atoms with E-state index in [0.29, 0.717) is 12.1 Å². The van der Waals surface area contributed by atoms with Crippen LogP contribution in [0.5, 0.6) is 0 Å². The summed E-state index contributed by atoms with van der Waals surface area (Å²) in [4.78, 5) is 14.0. The van der Waals surface area contributed by atoms with Crippen LogP contribution in [0.2, 0.25) is 0 Å². The number of rotatable bonds is 3. The molecule has 1 aliphatic rings. The standard InChI is InChI=1S/C17H17NO3/c19-15(13-7-2-1-3-8-13)16(20)17(21)18-11-10-12-6-4-5-9-14(12)18/h1-9,15-16,19-20H,10-11H2/t15-,16+/m0/s1. The van der Waals surface area contributed by atoms with Crippen molar-refractivity contribution in [2.45, 2.75) is 18.6 Å². The molecule has 2 atom stereocenters. The van der Waals surface area contributed by atoms with Crippen LogP contribution in [0.25, 0.3) is 0 Å². The average Bonchev–Trinajstić information content (AvgIpc) is 2.97. The molecule has 0 spiro atoms. The van der Waals surface area contributed by atoms with Crippen molar-refractivity contribution in [3.8, 4) is 0 Å². The van der Waals surface area contributed by atoms with Crippen LogP contribution < -0.4 is 4.90 Å². The second-order valence-corrected chi connectivity index (χ2v) is 5.17. The highest BCUT2D eigenvalue weighted by Crippen LogP contribution is 2.29. The third-order valence-electron chi connectivity index (χ3n) is 3.85. The fourth-order valence-corrected chi connectivity index (χ4v) is 2.69. The maximum atomic E-state index is 12.4. The minimum Gasteiger partial charge on any atom is -0.385 e. The molecule has 21 heavy (non-hydrogen) atoms. The Morgan fingerprint density at radius 1 is 1.00 bits per heavy atom. The SMILES string of the molecule is O=C([C@H](O)[C@@H](O)c1ccccc1)N1CCc2ccccc21. The maximum Gasteiger partial charge on any atom is 0.258 e. The zero-order chi connectivity index (χ0) is 14.8. The Morgan fingerprint density at radius 2 is 1.67 bits per heavy atom. The zero-order valence-electron chi connectivity index (χ0n) is 11.5. The van der Waals surface area contributed by atoms with Gasteiger partial charge in [0.25, 0.3) is 5.91 Å². The Hall–Kier alpha value is -2.17. The molecule has 0 unspecified atom stereocenters. The molecule has 0 fully saturated rings. The molecule has 0 aliphatic carbocycles. The van der Waals surface area contributed by atoms with E-state index in [1.165, 1.54) is 0 Å². The zero-order valence-corrected chi connectivity index (χ0v) is 11.5. The summed E-state index contributed by atoms with van der Waals surface area (Å²) in [6.45, 7) is 0.538. The van der Waals surface area contributed by atoms with Gasteiger partial charge in [0.1, 0.15) is 6.10 Å². The summed E-state index contributed by atoms with van der Waals surface area (Å²) in [6, 6.07) is 16.4. The lowest BCUT2D eigenvalue weighted by Gasteiger charge is -2.24. The van der Waals surface area contributed by atoms with Gasteiger partial charge in [-0.3, -0.25) is 4.79 Å². The number of carbonyl (C=O) groups excluding carboxylic acids is 1. The van der Waals surface area contributed by atoms with Crippen molar-refractivity contribution in [1.82, 2.24) is 0 Å². The van der Waals surface area contributed by atoms with Gasteiger partial charge in [0, 0.05) is 12.2 Å². The molecule has 0 aromatic heterocycles. The lowest BCUT2D eigenvalue weighted by atomic mass is 10.0. The fourth-order valence-electron chi connectivity index (χ4n) is 2.69. The van der Waals surface area contributed by atoms with E-state index in [-0.39, 0.29) is 0 Å². The van der Waals surface area contributed by atoms with Crippen LogP contribution in [0.4, 0.5) is 5.69 Å². The topological polar surface area (TPSA) is 60.8 Å². The predicted molar refractivity (Wildman–Crippen MR) is 79.9 cm³/mol. The van der Waals surface area contributed by atoms with Crippen molar-refractivity contribution in [2.24, 2.45) is 0 Å². The number of aliphatic hydroxyl groups excluding tert-OH is 2. The Bertz CT molecular complexity index is 641. The van der Waals surface area contributed by atoms with Gasteiger partial charge in [0.05, 0.1) is 0 Å². The highest BCUT2D eigenvalue weighted by Gasteiger charge is 2.33. The quantitative estimate of drug-likeness (QED) is 0.901. The first kappa shape index (κ1) is 13.8. The first-order chi connectivity index (χ1) is 10.2. The first-order valence-corrected chi connectivity index (χ1v) is 6.99. The number of anilines is 1. The van der Waals surface area contributed by atoms with Crippen molar-refractivity contribution >= 4 is 11.6 Å². The van der Waals surface area contributed by atoms with Crippen molar-refractivity contribution in [3.63, 3.8) is 0 Å². The molecule has 0 saturated heterocycles. The number of nitrogens with zero attached hydrogens (tertiary/aromatic N) is 1. The van der Waals surface area contributed by atoms with Gasteiger partial charge in [-0.1, -0.05) is 48.5 Å². The van der Waals surface area contributed by atoms with Crippen LogP contribution >= 0.6 is 0 Å². The summed E-state index contributed by atoms with van der Waals surface area (Å²) in [5.41, 5.74) is 2.44. The van der Waals surface area contributed by atoms with Crippen LogP contribution in [0.3, 0.4) is 0 Å². The highest BCUT2D eigenvalue weighted by atomic mass is 16.3. The lowest BCUT2D eigenvalue weighted by molar-refractivity contribution is -0.132. The second-order valence-electron chi connectivity index (χ2n) is 5.17. The molecule has 108 valence electrons. The molecule has 0 radical (unpaired) electrons. The van der Waals surface area contributed by atoms with Crippen LogP contribution in [-0.2, 0) is 11.2 Å². The average molecular weight is 283 g/mol. The Morgan fingerprint density at radius 3 is 2.43 bits per heavy atom. The third kappa shape index (κ3) is 2.55. The van der Waals surface area contributed by atoms with E-state index in [2.05, 4.69) is 0 Å². The van der Waals surface area contributed by atoms with Crippen molar-refractivity contribution in [3.05, 3.63) is 65.7 Å². The molecule has 4 heteroatoms. The van der Waals surface area contributed by atoms with Gasteiger partial charge < -0.3 is 15.1 Å². The molecule has 1 aliphatic heterocycles. The number of fused-ring (bicyclic) bond motifs is 1. The minimum atomic E-state index is -1.46. The predicted octanol–water partition coefficient (Wildman–Crippen LogP) is 1.67. The smallest absolute Gasteiger partial charge is 0.258 e. The Kier molecular flexibility index (Phi) is 3.73. The van der Waals surface area contributed by atoms with Gasteiger partial charge in [-0.2, -0.15) is 0 Å². The number of amides is 1. The van der Waals surface area contributed by atoms with E-state index in [9.17, 15) is 15.0 Å². The van der Waals surface area contributed by atoms with Crippen molar-refractivity contribution in [2.75, 3.05) is 11.4 Å². The first-order valence-electron chi connectivity index (χ1n) is 6.99. The Balaban J connectivity index is 1.80. The van der Waals surface area contributed by atoms with Crippen molar-refractivity contribution < 1.29 is 15.0 Å². The van der Waals surface area contributed by atoms with E-state index >= 15 is 0 Å². The van der Waals surface area contributed by atoms with E-state index in [4.69, 9.17) is 0 Å². The number of benzene rings is 2. The fraction of sp³-hybridized carbons (Fsp3) is 0.235.